The lowest BCUT2D eigenvalue weighted by atomic mass is 9.98. The standard InChI is InChI=1S/C28H36N2O2S/c1-3-24(26-9-4-5-10-27(26)29-2)15-12-22-13-16-25(17-14-22)30-18-6-8-23(20-30)21-32-28(31)11-7-19-33/h3-5,9-10,12-17,23,29,33H,6-8,11,18-21H2,1-2H3/p+1/b15-12+,24-3-. The lowest BCUT2D eigenvalue weighted by molar-refractivity contribution is -0.539. The van der Waals surface area contributed by atoms with E-state index in [0.717, 1.165) is 38.1 Å². The number of carbonyl (C=O) groups excluding carboxylic acids is 1. The van der Waals surface area contributed by atoms with E-state index in [9.17, 15) is 4.79 Å². The number of nitrogens with zero attached hydrogens (tertiary/aromatic N) is 1. The number of hydrogen-bond donors (Lipinski definition) is 2. The highest BCUT2D eigenvalue weighted by Crippen LogP contribution is 2.26. The molecular weight excluding hydrogens is 428 g/mol. The van der Waals surface area contributed by atoms with Gasteiger partial charge in [-0.15, -0.1) is 0 Å². The first-order chi connectivity index (χ1) is 16.1. The zero-order valence-corrected chi connectivity index (χ0v) is 20.8. The molecule has 1 fully saturated rings. The van der Waals surface area contributed by atoms with Gasteiger partial charge in [0.2, 0.25) is 0 Å². The summed E-state index contributed by atoms with van der Waals surface area (Å²) in [5.74, 6) is 1.02. The molecular formula is C28H37N2O2S+. The molecule has 0 spiro atoms. The number of quaternary nitrogens is 1. The van der Waals surface area contributed by atoms with Gasteiger partial charge in [0.25, 0.3) is 0 Å². The second kappa shape index (κ2) is 13.3. The average molecular weight is 466 g/mol. The van der Waals surface area contributed by atoms with E-state index in [1.165, 1.54) is 28.1 Å². The molecule has 0 aliphatic carbocycles. The largest absolute Gasteiger partial charge is 0.465 e. The summed E-state index contributed by atoms with van der Waals surface area (Å²) in [5, 5.41) is 2.15. The summed E-state index contributed by atoms with van der Waals surface area (Å²) in [6.07, 6.45) is 10.0. The topological polar surface area (TPSA) is 46.1 Å². The molecule has 2 N–H and O–H groups in total. The van der Waals surface area contributed by atoms with Gasteiger partial charge >= 0.3 is 5.97 Å². The van der Waals surface area contributed by atoms with Crippen LogP contribution in [-0.2, 0) is 9.53 Å². The third-order valence-corrected chi connectivity index (χ3v) is 6.46. The summed E-state index contributed by atoms with van der Waals surface area (Å²) >= 11 is 4.15. The maximum absolute atomic E-state index is 11.8. The van der Waals surface area contributed by atoms with Gasteiger partial charge in [-0.05, 0) is 67.3 Å². The molecule has 2 aromatic carbocycles. The Labute approximate surface area is 204 Å². The first-order valence-electron chi connectivity index (χ1n) is 12.0. The molecule has 1 heterocycles. The summed E-state index contributed by atoms with van der Waals surface area (Å²) in [4.78, 5) is 14.2. The summed E-state index contributed by atoms with van der Waals surface area (Å²) in [5.41, 5.74) is 6.13. The molecule has 1 atom stereocenters. The number of benzene rings is 2. The highest BCUT2D eigenvalue weighted by molar-refractivity contribution is 7.80. The van der Waals surface area contributed by atoms with Gasteiger partial charge in [-0.2, -0.15) is 12.6 Å². The highest BCUT2D eigenvalue weighted by Gasteiger charge is 2.21. The van der Waals surface area contributed by atoms with E-state index in [-0.39, 0.29) is 5.97 Å². The highest BCUT2D eigenvalue weighted by atomic mass is 32.1. The van der Waals surface area contributed by atoms with Gasteiger partial charge in [0.05, 0.1) is 13.7 Å². The van der Waals surface area contributed by atoms with Crippen LogP contribution in [0.1, 0.15) is 43.7 Å². The number of thiol groups is 1. The molecule has 33 heavy (non-hydrogen) atoms. The Kier molecular flexibility index (Phi) is 10.1. The van der Waals surface area contributed by atoms with Crippen LogP contribution >= 0.6 is 12.6 Å². The number of nitrogens with two attached hydrogens (primary N) is 1. The summed E-state index contributed by atoms with van der Waals surface area (Å²) in [6.45, 7) is 4.58. The van der Waals surface area contributed by atoms with Crippen molar-refractivity contribution < 1.29 is 14.8 Å². The number of hydrogen-bond acceptors (Lipinski definition) is 4. The molecule has 176 valence electrons. The van der Waals surface area contributed by atoms with Crippen molar-refractivity contribution >= 4 is 41.6 Å². The maximum Gasteiger partial charge on any atom is 0.305 e. The van der Waals surface area contributed by atoms with Crippen molar-refractivity contribution in [2.24, 2.45) is 5.92 Å². The minimum absolute atomic E-state index is 0.0998. The van der Waals surface area contributed by atoms with Crippen LogP contribution < -0.4 is 10.2 Å². The van der Waals surface area contributed by atoms with E-state index >= 15 is 0 Å². The number of para-hydroxylation sites is 1. The number of carbonyl (C=O) groups is 1. The monoisotopic (exact) mass is 465 g/mol. The second-order valence-corrected chi connectivity index (χ2v) is 8.96. The molecule has 3 rings (SSSR count). The molecule has 0 aromatic heterocycles. The fraction of sp³-hybridized carbons (Fsp3) is 0.393. The number of piperidine rings is 1. The SMILES string of the molecule is C/C=C(/C=C/c1ccc(N2CCCC(COC(=O)CCCS)C2)cc1)c1ccccc1[NH2+]C. The quantitative estimate of drug-likeness (QED) is 0.222. The second-order valence-electron chi connectivity index (χ2n) is 8.51. The molecule has 0 radical (unpaired) electrons. The van der Waals surface area contributed by atoms with E-state index < -0.39 is 0 Å². The van der Waals surface area contributed by atoms with Crippen molar-refractivity contribution in [1.29, 1.82) is 0 Å². The van der Waals surface area contributed by atoms with Crippen LogP contribution in [0.15, 0.2) is 60.7 Å². The molecule has 0 bridgehead atoms. The number of ether oxygens (including phenoxy) is 1. The number of rotatable bonds is 10. The molecule has 0 saturated carbocycles. The molecule has 1 saturated heterocycles. The smallest absolute Gasteiger partial charge is 0.305 e. The summed E-state index contributed by atoms with van der Waals surface area (Å²) in [7, 11) is 2.08. The molecule has 1 unspecified atom stereocenters. The van der Waals surface area contributed by atoms with Crippen LogP contribution in [0.2, 0.25) is 0 Å². The lowest BCUT2D eigenvalue weighted by Gasteiger charge is -2.34. The number of esters is 1. The average Bonchev–Trinajstić information content (AvgIpc) is 2.87. The zero-order valence-electron chi connectivity index (χ0n) is 19.9. The first kappa shape index (κ1) is 25.1. The Bertz CT molecular complexity index is 953. The fourth-order valence-electron chi connectivity index (χ4n) is 4.28. The maximum atomic E-state index is 11.8. The predicted molar refractivity (Wildman–Crippen MR) is 142 cm³/mol. The Morgan fingerprint density at radius 2 is 2.00 bits per heavy atom. The van der Waals surface area contributed by atoms with E-state index in [2.05, 4.69) is 104 Å². The van der Waals surface area contributed by atoms with Crippen molar-refractivity contribution in [3.8, 4) is 0 Å². The first-order valence-corrected chi connectivity index (χ1v) is 12.6. The Morgan fingerprint density at radius 3 is 2.73 bits per heavy atom. The van der Waals surface area contributed by atoms with Gasteiger partial charge in [0, 0.05) is 36.7 Å². The molecule has 2 aromatic rings. The van der Waals surface area contributed by atoms with Crippen LogP contribution in [-0.4, -0.2) is 38.5 Å². The van der Waals surface area contributed by atoms with E-state index in [1.807, 2.05) is 0 Å². The van der Waals surface area contributed by atoms with E-state index in [4.69, 9.17) is 4.74 Å². The van der Waals surface area contributed by atoms with Crippen LogP contribution in [0.4, 0.5) is 11.4 Å². The van der Waals surface area contributed by atoms with Crippen molar-refractivity contribution in [1.82, 2.24) is 0 Å². The van der Waals surface area contributed by atoms with Gasteiger partial charge in [0.15, 0.2) is 0 Å². The van der Waals surface area contributed by atoms with Gasteiger partial charge in [-0.3, -0.25) is 4.79 Å². The molecule has 1 aliphatic rings. The van der Waals surface area contributed by atoms with E-state index in [0.29, 0.717) is 18.9 Å². The van der Waals surface area contributed by atoms with Crippen LogP contribution in [0, 0.1) is 5.92 Å². The van der Waals surface area contributed by atoms with Crippen LogP contribution in [0.25, 0.3) is 11.6 Å². The predicted octanol–water partition coefficient (Wildman–Crippen LogP) is 5.10. The third-order valence-electron chi connectivity index (χ3n) is 6.15. The Balaban J connectivity index is 1.58. The number of allylic oxidation sites excluding steroid dienone is 3. The van der Waals surface area contributed by atoms with Crippen molar-refractivity contribution in [2.75, 3.05) is 37.4 Å². The lowest BCUT2D eigenvalue weighted by Crippen LogP contribution is -2.73. The normalized spacial score (nSPS) is 16.9. The summed E-state index contributed by atoms with van der Waals surface area (Å²) in [6, 6.07) is 17.2. The molecule has 1 aliphatic heterocycles. The molecule has 4 nitrogen and oxygen atoms in total. The van der Waals surface area contributed by atoms with Crippen molar-refractivity contribution in [3.05, 3.63) is 71.8 Å². The van der Waals surface area contributed by atoms with Crippen molar-refractivity contribution in [2.45, 2.75) is 32.6 Å². The number of anilines is 1. The van der Waals surface area contributed by atoms with Gasteiger partial charge < -0.3 is 15.0 Å². The minimum Gasteiger partial charge on any atom is -0.465 e. The third kappa shape index (κ3) is 7.51. The Morgan fingerprint density at radius 1 is 1.21 bits per heavy atom. The minimum atomic E-state index is -0.0998. The Hall–Kier alpha value is -2.50. The zero-order chi connectivity index (χ0) is 23.5. The van der Waals surface area contributed by atoms with E-state index in [1.54, 1.807) is 0 Å². The molecule has 0 amide bonds. The van der Waals surface area contributed by atoms with Crippen LogP contribution in [0.3, 0.4) is 0 Å². The van der Waals surface area contributed by atoms with Crippen molar-refractivity contribution in [3.63, 3.8) is 0 Å². The van der Waals surface area contributed by atoms with Gasteiger partial charge in [0.1, 0.15) is 5.69 Å². The fourth-order valence-corrected chi connectivity index (χ4v) is 4.44. The summed E-state index contributed by atoms with van der Waals surface area (Å²) < 4.78 is 5.49. The molecule has 5 heteroatoms. The van der Waals surface area contributed by atoms with Gasteiger partial charge in [-0.25, -0.2) is 0 Å². The van der Waals surface area contributed by atoms with Crippen LogP contribution in [0.5, 0.6) is 0 Å². The van der Waals surface area contributed by atoms with Gasteiger partial charge in [-0.1, -0.05) is 42.5 Å².